The minimum atomic E-state index is 0.846. The maximum absolute atomic E-state index is 2.35. The topological polar surface area (TPSA) is 4.44 Å². The Bertz CT molecular complexity index is 343. The molecular weight excluding hydrogens is 170 g/mol. The van der Waals surface area contributed by atoms with Crippen molar-refractivity contribution in [2.24, 2.45) is 0 Å². The summed E-state index contributed by atoms with van der Waals surface area (Å²) in [5, 5.41) is 0. The summed E-state index contributed by atoms with van der Waals surface area (Å²) >= 11 is 0. The lowest BCUT2D eigenvalue weighted by atomic mass is 9.98. The van der Waals surface area contributed by atoms with Gasteiger partial charge in [-0.25, -0.2) is 0 Å². The fourth-order valence-electron chi connectivity index (χ4n) is 3.26. The van der Waals surface area contributed by atoms with Gasteiger partial charge < -0.3 is 4.90 Å². The van der Waals surface area contributed by atoms with Gasteiger partial charge >= 0.3 is 0 Å². The van der Waals surface area contributed by atoms with E-state index in [1.165, 1.54) is 25.9 Å². The van der Waals surface area contributed by atoms with Crippen LogP contribution in [-0.4, -0.2) is 20.1 Å². The smallest absolute Gasteiger partial charge is 0.0838 e. The van der Waals surface area contributed by atoms with E-state index >= 15 is 0 Å². The molecule has 3 atom stereocenters. The number of hydrogen-bond acceptors (Lipinski definition) is 0. The molecule has 0 radical (unpaired) electrons. The lowest BCUT2D eigenvalue weighted by Crippen LogP contribution is -3.09. The van der Waals surface area contributed by atoms with Crippen LogP contribution < -0.4 is 4.90 Å². The van der Waals surface area contributed by atoms with Crippen LogP contribution in [0.1, 0.15) is 35.8 Å². The minimum absolute atomic E-state index is 0.846. The molecule has 1 aromatic carbocycles. The van der Waals surface area contributed by atoms with Crippen LogP contribution in [0.5, 0.6) is 0 Å². The number of fused-ring (bicyclic) bond motifs is 5. The molecule has 2 bridgehead atoms. The Morgan fingerprint density at radius 1 is 1.14 bits per heavy atom. The SMILES string of the molecule is C[NH+]1CCC2CC(C1)c1ccccc12. The Balaban J connectivity index is 2.04. The monoisotopic (exact) mass is 188 g/mol. The van der Waals surface area contributed by atoms with Crippen molar-refractivity contribution >= 4 is 0 Å². The quantitative estimate of drug-likeness (QED) is 0.623. The van der Waals surface area contributed by atoms with Gasteiger partial charge in [-0.1, -0.05) is 24.3 Å². The van der Waals surface area contributed by atoms with Crippen LogP contribution in [0.15, 0.2) is 24.3 Å². The van der Waals surface area contributed by atoms with Gasteiger partial charge in [-0.05, 0) is 23.5 Å². The lowest BCUT2D eigenvalue weighted by Gasteiger charge is -2.18. The standard InChI is InChI=1S/C13H17N/c1-14-7-6-10-8-11(9-14)13-5-3-2-4-12(10)13/h2-5,10-11H,6-9H2,1H3/p+1. The molecule has 1 nitrogen and oxygen atoms in total. The van der Waals surface area contributed by atoms with Gasteiger partial charge in [0.05, 0.1) is 20.1 Å². The number of quaternary nitrogens is 1. The highest BCUT2D eigenvalue weighted by atomic mass is 15.1. The number of nitrogens with one attached hydrogen (secondary N) is 1. The third-order valence-corrected chi connectivity index (χ3v) is 3.96. The van der Waals surface area contributed by atoms with E-state index in [0.29, 0.717) is 0 Å². The van der Waals surface area contributed by atoms with Gasteiger partial charge in [0.2, 0.25) is 0 Å². The molecule has 2 aliphatic rings. The second kappa shape index (κ2) is 3.09. The van der Waals surface area contributed by atoms with Gasteiger partial charge in [0.15, 0.2) is 0 Å². The van der Waals surface area contributed by atoms with Gasteiger partial charge in [-0.3, -0.25) is 0 Å². The highest BCUT2D eigenvalue weighted by Crippen LogP contribution is 2.43. The maximum atomic E-state index is 2.35. The highest BCUT2D eigenvalue weighted by molar-refractivity contribution is 5.38. The highest BCUT2D eigenvalue weighted by Gasteiger charge is 2.35. The molecule has 3 unspecified atom stereocenters. The third kappa shape index (κ3) is 1.19. The van der Waals surface area contributed by atoms with Crippen LogP contribution in [0.3, 0.4) is 0 Å². The fraction of sp³-hybridized carbons (Fsp3) is 0.538. The van der Waals surface area contributed by atoms with E-state index in [-0.39, 0.29) is 0 Å². The first kappa shape index (κ1) is 8.49. The summed E-state index contributed by atoms with van der Waals surface area (Å²) in [7, 11) is 2.34. The molecule has 1 aliphatic heterocycles. The number of benzene rings is 1. The van der Waals surface area contributed by atoms with Crippen LogP contribution >= 0.6 is 0 Å². The molecule has 74 valence electrons. The van der Waals surface area contributed by atoms with Gasteiger partial charge in [-0.2, -0.15) is 0 Å². The Labute approximate surface area is 85.7 Å². The molecule has 0 aromatic heterocycles. The van der Waals surface area contributed by atoms with Crippen LogP contribution in [-0.2, 0) is 0 Å². The van der Waals surface area contributed by atoms with Crippen molar-refractivity contribution in [3.05, 3.63) is 35.4 Å². The zero-order valence-electron chi connectivity index (χ0n) is 8.79. The second-order valence-electron chi connectivity index (χ2n) is 4.96. The summed E-state index contributed by atoms with van der Waals surface area (Å²) in [6.45, 7) is 2.70. The summed E-state index contributed by atoms with van der Waals surface area (Å²) in [6.07, 6.45) is 2.80. The van der Waals surface area contributed by atoms with Crippen LogP contribution in [0.25, 0.3) is 0 Å². The molecule has 0 amide bonds. The number of rotatable bonds is 0. The number of hydrogen-bond donors (Lipinski definition) is 1. The Kier molecular flexibility index (Phi) is 1.88. The first-order valence-electron chi connectivity index (χ1n) is 5.74. The zero-order chi connectivity index (χ0) is 9.54. The van der Waals surface area contributed by atoms with Crippen LogP contribution in [0, 0.1) is 0 Å². The zero-order valence-corrected chi connectivity index (χ0v) is 8.79. The fourth-order valence-corrected chi connectivity index (χ4v) is 3.26. The largest absolute Gasteiger partial charge is 0.337 e. The van der Waals surface area contributed by atoms with Crippen LogP contribution in [0.4, 0.5) is 0 Å². The molecule has 1 heterocycles. The van der Waals surface area contributed by atoms with Crippen molar-refractivity contribution in [1.29, 1.82) is 0 Å². The molecule has 0 saturated carbocycles. The van der Waals surface area contributed by atoms with Crippen LogP contribution in [0.2, 0.25) is 0 Å². The van der Waals surface area contributed by atoms with Crippen molar-refractivity contribution in [3.63, 3.8) is 0 Å². The van der Waals surface area contributed by atoms with Crippen molar-refractivity contribution in [3.8, 4) is 0 Å². The Morgan fingerprint density at radius 2 is 1.86 bits per heavy atom. The van der Waals surface area contributed by atoms with Crippen molar-refractivity contribution in [2.75, 3.05) is 20.1 Å². The molecule has 1 saturated heterocycles. The molecule has 0 spiro atoms. The van der Waals surface area contributed by atoms with E-state index in [1.807, 2.05) is 0 Å². The van der Waals surface area contributed by atoms with Crippen molar-refractivity contribution < 1.29 is 4.90 Å². The summed E-state index contributed by atoms with van der Waals surface area (Å²) in [4.78, 5) is 1.71. The molecule has 1 aliphatic carbocycles. The molecule has 1 N–H and O–H groups in total. The Morgan fingerprint density at radius 3 is 2.64 bits per heavy atom. The molecule has 1 heteroatoms. The van der Waals surface area contributed by atoms with E-state index in [9.17, 15) is 0 Å². The van der Waals surface area contributed by atoms with Gasteiger partial charge in [0.1, 0.15) is 0 Å². The van der Waals surface area contributed by atoms with E-state index in [0.717, 1.165) is 11.8 Å². The predicted octanol–water partition coefficient (Wildman–Crippen LogP) is 1.18. The normalized spacial score (nSPS) is 35.1. The van der Waals surface area contributed by atoms with Gasteiger partial charge in [-0.15, -0.1) is 0 Å². The van der Waals surface area contributed by atoms with E-state index in [4.69, 9.17) is 0 Å². The third-order valence-electron chi connectivity index (χ3n) is 3.96. The molecular formula is C13H18N+. The maximum Gasteiger partial charge on any atom is 0.0838 e. The van der Waals surface area contributed by atoms with Gasteiger partial charge in [0, 0.05) is 12.3 Å². The number of likely N-dealkylation sites (N-methyl/N-ethyl adjacent to an activating group) is 1. The predicted molar refractivity (Wildman–Crippen MR) is 57.8 cm³/mol. The average Bonchev–Trinajstić information content (AvgIpc) is 2.40. The van der Waals surface area contributed by atoms with Crippen molar-refractivity contribution in [1.82, 2.24) is 0 Å². The first-order valence-corrected chi connectivity index (χ1v) is 5.74. The first-order chi connectivity index (χ1) is 6.84. The minimum Gasteiger partial charge on any atom is -0.337 e. The summed E-state index contributed by atoms with van der Waals surface area (Å²) in [5.41, 5.74) is 3.31. The van der Waals surface area contributed by atoms with Crippen molar-refractivity contribution in [2.45, 2.75) is 24.7 Å². The van der Waals surface area contributed by atoms with E-state index in [2.05, 4.69) is 31.3 Å². The Hall–Kier alpha value is -0.820. The molecule has 14 heavy (non-hydrogen) atoms. The lowest BCUT2D eigenvalue weighted by molar-refractivity contribution is -0.880. The molecule has 1 aromatic rings. The molecule has 1 fully saturated rings. The second-order valence-corrected chi connectivity index (χ2v) is 4.96. The summed E-state index contributed by atoms with van der Waals surface area (Å²) < 4.78 is 0. The average molecular weight is 188 g/mol. The van der Waals surface area contributed by atoms with E-state index < -0.39 is 0 Å². The number of likely N-dealkylation sites (tertiary alicyclic amines) is 1. The molecule has 3 rings (SSSR count). The summed E-state index contributed by atoms with van der Waals surface area (Å²) in [5.74, 6) is 1.72. The van der Waals surface area contributed by atoms with E-state index in [1.54, 1.807) is 16.0 Å². The van der Waals surface area contributed by atoms with Gasteiger partial charge in [0.25, 0.3) is 0 Å². The summed E-state index contributed by atoms with van der Waals surface area (Å²) in [6, 6.07) is 9.09.